The molecule has 1 N–H and O–H groups in total. The van der Waals surface area contributed by atoms with E-state index >= 15 is 0 Å². The van der Waals surface area contributed by atoms with E-state index in [0.29, 0.717) is 5.75 Å². The highest BCUT2D eigenvalue weighted by molar-refractivity contribution is 9.10. The Hall–Kier alpha value is -2.42. The van der Waals surface area contributed by atoms with Gasteiger partial charge >= 0.3 is 0 Å². The number of amides is 1. The molecule has 9 heteroatoms. The monoisotopic (exact) mass is 354 g/mol. The summed E-state index contributed by atoms with van der Waals surface area (Å²) in [5.41, 5.74) is -0.124. The van der Waals surface area contributed by atoms with E-state index in [1.54, 1.807) is 12.4 Å². The number of carbonyl (C=O) groups is 1. The van der Waals surface area contributed by atoms with Gasteiger partial charge in [-0.25, -0.2) is 0 Å². The van der Waals surface area contributed by atoms with Gasteiger partial charge in [0.2, 0.25) is 5.91 Å². The van der Waals surface area contributed by atoms with Crippen molar-refractivity contribution in [3.63, 3.8) is 0 Å². The first-order valence-corrected chi connectivity index (χ1v) is 6.59. The fraction of sp³-hybridized carbons (Fsp3) is 0.167. The number of methoxy groups -OCH3 is 1. The summed E-state index contributed by atoms with van der Waals surface area (Å²) in [7, 11) is 1.41. The summed E-state index contributed by atoms with van der Waals surface area (Å²) in [6.07, 6.45) is 3.17. The third kappa shape index (κ3) is 3.78. The summed E-state index contributed by atoms with van der Waals surface area (Å²) in [4.78, 5) is 22.3. The van der Waals surface area contributed by atoms with E-state index in [-0.39, 0.29) is 17.9 Å². The Morgan fingerprint density at radius 3 is 2.90 bits per heavy atom. The van der Waals surface area contributed by atoms with Gasteiger partial charge in [0.05, 0.1) is 28.8 Å². The fourth-order valence-electron chi connectivity index (χ4n) is 1.66. The number of carbonyl (C=O) groups excluding carboxylic acids is 1. The summed E-state index contributed by atoms with van der Waals surface area (Å²) in [6.45, 7) is -0.0468. The number of rotatable bonds is 5. The lowest BCUT2D eigenvalue weighted by molar-refractivity contribution is -0.384. The normalized spacial score (nSPS) is 10.2. The van der Waals surface area contributed by atoms with Gasteiger partial charge in [-0.15, -0.1) is 0 Å². The second-order valence-electron chi connectivity index (χ2n) is 4.04. The molecule has 0 unspecified atom stereocenters. The molecular weight excluding hydrogens is 344 g/mol. The summed E-state index contributed by atoms with van der Waals surface area (Å²) < 4.78 is 7.08. The summed E-state index contributed by atoms with van der Waals surface area (Å²) in [5.74, 6) is -0.0745. The van der Waals surface area contributed by atoms with E-state index < -0.39 is 10.8 Å². The van der Waals surface area contributed by atoms with E-state index in [9.17, 15) is 14.9 Å². The number of hydrogen-bond donors (Lipinski definition) is 1. The molecule has 21 heavy (non-hydrogen) atoms. The molecule has 0 aliphatic heterocycles. The minimum atomic E-state index is -0.581. The molecule has 8 nitrogen and oxygen atoms in total. The Kier molecular flexibility index (Phi) is 4.53. The molecule has 0 bridgehead atoms. The maximum atomic E-state index is 11.9. The molecular formula is C12H11BrN4O4. The standard InChI is InChI=1S/C12H11BrN4O4/c1-21-9-2-3-10(11(4-9)17(19)20)15-12(18)7-16-6-8(13)5-14-16/h2-6H,7H2,1H3,(H,15,18). The van der Waals surface area contributed by atoms with Gasteiger partial charge in [0.25, 0.3) is 5.69 Å². The zero-order chi connectivity index (χ0) is 15.4. The zero-order valence-electron chi connectivity index (χ0n) is 10.9. The van der Waals surface area contributed by atoms with Crippen LogP contribution in [0.3, 0.4) is 0 Å². The highest BCUT2D eigenvalue weighted by Gasteiger charge is 2.17. The van der Waals surface area contributed by atoms with E-state index in [1.807, 2.05) is 0 Å². The van der Waals surface area contributed by atoms with Crippen LogP contribution >= 0.6 is 15.9 Å². The molecule has 2 rings (SSSR count). The van der Waals surface area contributed by atoms with Gasteiger partial charge < -0.3 is 10.1 Å². The molecule has 0 saturated carbocycles. The lowest BCUT2D eigenvalue weighted by atomic mass is 10.2. The number of nitro groups is 1. The molecule has 1 heterocycles. The van der Waals surface area contributed by atoms with E-state index in [2.05, 4.69) is 26.3 Å². The lowest BCUT2D eigenvalue weighted by Gasteiger charge is -2.07. The number of aromatic nitrogens is 2. The van der Waals surface area contributed by atoms with Crippen LogP contribution in [0.1, 0.15) is 0 Å². The number of anilines is 1. The average Bonchev–Trinajstić information content (AvgIpc) is 2.84. The number of nitrogens with one attached hydrogen (secondary N) is 1. The van der Waals surface area contributed by atoms with Gasteiger partial charge in [-0.05, 0) is 28.1 Å². The van der Waals surface area contributed by atoms with Crippen molar-refractivity contribution in [2.24, 2.45) is 0 Å². The molecule has 0 saturated heterocycles. The minimum Gasteiger partial charge on any atom is -0.496 e. The third-order valence-corrected chi connectivity index (χ3v) is 2.99. The molecule has 1 aromatic carbocycles. The van der Waals surface area contributed by atoms with Gasteiger partial charge in [-0.3, -0.25) is 19.6 Å². The first kappa shape index (κ1) is 15.0. The fourth-order valence-corrected chi connectivity index (χ4v) is 1.98. The lowest BCUT2D eigenvalue weighted by Crippen LogP contribution is -2.19. The van der Waals surface area contributed by atoms with Crippen LogP contribution in [0.4, 0.5) is 11.4 Å². The first-order valence-electron chi connectivity index (χ1n) is 5.80. The van der Waals surface area contributed by atoms with Crippen LogP contribution in [-0.4, -0.2) is 27.7 Å². The summed E-state index contributed by atoms with van der Waals surface area (Å²) in [6, 6.07) is 4.21. The van der Waals surface area contributed by atoms with Crippen LogP contribution in [-0.2, 0) is 11.3 Å². The van der Waals surface area contributed by atoms with Crippen molar-refractivity contribution < 1.29 is 14.5 Å². The van der Waals surface area contributed by atoms with Crippen LogP contribution in [0.15, 0.2) is 35.1 Å². The number of ether oxygens (including phenoxy) is 1. The smallest absolute Gasteiger partial charge is 0.296 e. The van der Waals surface area contributed by atoms with Crippen molar-refractivity contribution in [3.8, 4) is 5.75 Å². The van der Waals surface area contributed by atoms with Gasteiger partial charge in [-0.1, -0.05) is 0 Å². The second kappa shape index (κ2) is 6.35. The summed E-state index contributed by atoms with van der Waals surface area (Å²) in [5, 5.41) is 17.4. The van der Waals surface area contributed by atoms with E-state index in [4.69, 9.17) is 4.74 Å². The minimum absolute atomic E-state index is 0.0468. The molecule has 1 aromatic heterocycles. The number of nitrogens with zero attached hydrogens (tertiary/aromatic N) is 3. The first-order chi connectivity index (χ1) is 9.99. The van der Waals surface area contributed by atoms with E-state index in [1.165, 1.54) is 30.0 Å². The van der Waals surface area contributed by atoms with Crippen molar-refractivity contribution in [1.29, 1.82) is 0 Å². The Morgan fingerprint density at radius 2 is 2.33 bits per heavy atom. The van der Waals surface area contributed by atoms with Crippen molar-refractivity contribution >= 4 is 33.2 Å². The van der Waals surface area contributed by atoms with Crippen LogP contribution in [0.25, 0.3) is 0 Å². The second-order valence-corrected chi connectivity index (χ2v) is 4.96. The largest absolute Gasteiger partial charge is 0.496 e. The summed E-state index contributed by atoms with van der Waals surface area (Å²) >= 11 is 3.22. The Balaban J connectivity index is 2.14. The zero-order valence-corrected chi connectivity index (χ0v) is 12.5. The molecule has 0 radical (unpaired) electrons. The quantitative estimate of drug-likeness (QED) is 0.655. The highest BCUT2D eigenvalue weighted by Crippen LogP contribution is 2.28. The van der Waals surface area contributed by atoms with Crippen molar-refractivity contribution in [2.45, 2.75) is 6.54 Å². The average molecular weight is 355 g/mol. The predicted octanol–water partition coefficient (Wildman–Crippen LogP) is 2.20. The molecule has 0 fully saturated rings. The van der Waals surface area contributed by atoms with Crippen LogP contribution in [0, 0.1) is 10.1 Å². The molecule has 2 aromatic rings. The van der Waals surface area contributed by atoms with Gasteiger partial charge in [0, 0.05) is 6.20 Å². The van der Waals surface area contributed by atoms with Crippen molar-refractivity contribution in [2.75, 3.05) is 12.4 Å². The Labute approximate surface area is 128 Å². The topological polar surface area (TPSA) is 99.3 Å². The number of nitro benzene ring substituents is 1. The molecule has 0 spiro atoms. The molecule has 1 amide bonds. The van der Waals surface area contributed by atoms with Gasteiger partial charge in [-0.2, -0.15) is 5.10 Å². The number of halogens is 1. The van der Waals surface area contributed by atoms with Gasteiger partial charge in [0.15, 0.2) is 0 Å². The van der Waals surface area contributed by atoms with E-state index in [0.717, 1.165) is 4.47 Å². The van der Waals surface area contributed by atoms with Crippen LogP contribution in [0.2, 0.25) is 0 Å². The molecule has 0 atom stereocenters. The van der Waals surface area contributed by atoms with Crippen LogP contribution < -0.4 is 10.1 Å². The van der Waals surface area contributed by atoms with Gasteiger partial charge in [0.1, 0.15) is 18.0 Å². The molecule has 0 aliphatic rings. The Morgan fingerprint density at radius 1 is 1.57 bits per heavy atom. The maximum Gasteiger partial charge on any atom is 0.296 e. The van der Waals surface area contributed by atoms with Crippen molar-refractivity contribution in [1.82, 2.24) is 9.78 Å². The highest BCUT2D eigenvalue weighted by atomic mass is 79.9. The molecule has 110 valence electrons. The predicted molar refractivity (Wildman–Crippen MR) is 78.2 cm³/mol. The number of hydrogen-bond acceptors (Lipinski definition) is 5. The van der Waals surface area contributed by atoms with Crippen LogP contribution in [0.5, 0.6) is 5.75 Å². The Bertz CT molecular complexity index is 686. The molecule has 0 aliphatic carbocycles. The third-order valence-electron chi connectivity index (χ3n) is 2.58. The van der Waals surface area contributed by atoms with Crippen molar-refractivity contribution in [3.05, 3.63) is 45.2 Å². The SMILES string of the molecule is COc1ccc(NC(=O)Cn2cc(Br)cn2)c([N+](=O)[O-])c1. The number of benzene rings is 1. The maximum absolute atomic E-state index is 11.9.